The summed E-state index contributed by atoms with van der Waals surface area (Å²) in [7, 11) is 0. The molecule has 3 aliphatic rings. The number of anilines is 3. The summed E-state index contributed by atoms with van der Waals surface area (Å²) in [6.45, 7) is 18.7. The first-order chi connectivity index (χ1) is 20.6. The Bertz CT molecular complexity index is 1720. The number of benzene rings is 2. The van der Waals surface area contributed by atoms with Crippen LogP contribution in [0.4, 0.5) is 17.1 Å². The predicted octanol–water partition coefficient (Wildman–Crippen LogP) is 3.39. The average molecular weight is 599 g/mol. The predicted molar refractivity (Wildman–Crippen MR) is 175 cm³/mol. The number of rotatable bonds is 5. The van der Waals surface area contributed by atoms with Crippen LogP contribution in [-0.4, -0.2) is 43.8 Å². The summed E-state index contributed by atoms with van der Waals surface area (Å²) < 4.78 is 2.26. The van der Waals surface area contributed by atoms with Crippen molar-refractivity contribution in [1.82, 2.24) is 4.58 Å². The van der Waals surface area contributed by atoms with Crippen LogP contribution in [0.1, 0.15) is 84.9 Å². The molecule has 0 aromatic heterocycles. The normalized spacial score (nSPS) is 18.0. The molecule has 2 heterocycles. The molecule has 0 fully saturated rings. The van der Waals surface area contributed by atoms with Crippen molar-refractivity contribution >= 4 is 45.8 Å². The quantitative estimate of drug-likeness (QED) is 0.514. The Hall–Kier alpha value is -3.94. The van der Waals surface area contributed by atoms with E-state index < -0.39 is 10.8 Å². The second kappa shape index (κ2) is 11.5. The van der Waals surface area contributed by atoms with Crippen molar-refractivity contribution in [2.75, 3.05) is 41.7 Å². The van der Waals surface area contributed by atoms with Crippen molar-refractivity contribution in [2.45, 2.75) is 81.1 Å². The fourth-order valence-corrected chi connectivity index (χ4v) is 6.20. The lowest BCUT2D eigenvalue weighted by atomic mass is 9.79. The Morgan fingerprint density at radius 2 is 1.50 bits per heavy atom. The number of ketones is 1. The maximum atomic E-state index is 14.1. The highest BCUT2D eigenvalue weighted by Crippen LogP contribution is 2.42. The summed E-state index contributed by atoms with van der Waals surface area (Å²) in [4.78, 5) is 42.6. The van der Waals surface area contributed by atoms with Crippen LogP contribution in [0, 0.1) is 10.8 Å². The third-order valence-electron chi connectivity index (χ3n) is 8.94. The molecular formula is C36H46N4O4. The zero-order chi connectivity index (χ0) is 32.1. The lowest BCUT2D eigenvalue weighted by molar-refractivity contribution is -0.292. The molecule has 2 amide bonds. The van der Waals surface area contributed by atoms with Gasteiger partial charge in [0.25, 0.3) is 0 Å². The van der Waals surface area contributed by atoms with E-state index in [1.807, 2.05) is 65.8 Å². The minimum absolute atomic E-state index is 0.0848. The number of nitrogens with one attached hydrogen (secondary N) is 2. The van der Waals surface area contributed by atoms with Gasteiger partial charge in [-0.25, -0.2) is 4.58 Å². The maximum absolute atomic E-state index is 14.1. The lowest BCUT2D eigenvalue weighted by Gasteiger charge is -2.35. The molecule has 8 nitrogen and oxygen atoms in total. The summed E-state index contributed by atoms with van der Waals surface area (Å²) >= 11 is 0. The highest BCUT2D eigenvalue weighted by Gasteiger charge is 2.35. The Labute approximate surface area is 260 Å². The number of carbonyl (C=O) groups excluding carboxylic acids is 3. The second-order valence-electron chi connectivity index (χ2n) is 14.2. The summed E-state index contributed by atoms with van der Waals surface area (Å²) in [6.07, 6.45) is 3.62. The molecule has 0 bridgehead atoms. The molecule has 44 heavy (non-hydrogen) atoms. The van der Waals surface area contributed by atoms with Crippen LogP contribution in [0.5, 0.6) is 0 Å². The van der Waals surface area contributed by atoms with Gasteiger partial charge in [-0.2, -0.15) is 0 Å². The van der Waals surface area contributed by atoms with Crippen molar-refractivity contribution < 1.29 is 19.5 Å². The monoisotopic (exact) mass is 598 g/mol. The van der Waals surface area contributed by atoms with Gasteiger partial charge >= 0.3 is 0 Å². The molecule has 0 unspecified atom stereocenters. The summed E-state index contributed by atoms with van der Waals surface area (Å²) in [6, 6.07) is 7.70. The summed E-state index contributed by atoms with van der Waals surface area (Å²) in [5.74, 6) is -1.11. The molecule has 0 radical (unpaired) electrons. The van der Waals surface area contributed by atoms with Crippen LogP contribution in [0.3, 0.4) is 0 Å². The third-order valence-corrected chi connectivity index (χ3v) is 8.94. The van der Waals surface area contributed by atoms with Gasteiger partial charge in [0.2, 0.25) is 17.2 Å². The molecule has 0 saturated carbocycles. The van der Waals surface area contributed by atoms with Gasteiger partial charge in [-0.15, -0.1) is 0 Å². The molecule has 2 aromatic carbocycles. The Balaban J connectivity index is 1.74. The number of nitrogens with zero attached hydrogens (tertiary/aromatic N) is 2. The minimum atomic E-state index is -0.664. The van der Waals surface area contributed by atoms with E-state index in [0.29, 0.717) is 22.2 Å². The maximum Gasteiger partial charge on any atom is 0.229 e. The molecule has 2 aliphatic heterocycles. The second-order valence-corrected chi connectivity index (χ2v) is 14.2. The average Bonchev–Trinajstić information content (AvgIpc) is 2.96. The van der Waals surface area contributed by atoms with Gasteiger partial charge in [0, 0.05) is 69.6 Å². The van der Waals surface area contributed by atoms with Gasteiger partial charge in [-0.3, -0.25) is 14.4 Å². The fourth-order valence-electron chi connectivity index (χ4n) is 6.20. The molecule has 234 valence electrons. The van der Waals surface area contributed by atoms with Crippen LogP contribution < -0.4 is 35.8 Å². The van der Waals surface area contributed by atoms with E-state index in [1.54, 1.807) is 0 Å². The number of Topliss-reactive ketones (excluding diaryl/α,β-unsaturated/α-hetero) is 1. The molecule has 8 heteroatoms. The van der Waals surface area contributed by atoms with E-state index in [0.717, 1.165) is 74.0 Å². The molecule has 0 saturated heterocycles. The van der Waals surface area contributed by atoms with Gasteiger partial charge in [0.1, 0.15) is 13.1 Å². The molecule has 5 rings (SSSR count). The first-order valence-corrected chi connectivity index (χ1v) is 16.0. The number of fused-ring (bicyclic) bond motifs is 2. The van der Waals surface area contributed by atoms with Gasteiger partial charge < -0.3 is 20.6 Å². The molecule has 2 N–H and O–H groups in total. The van der Waals surface area contributed by atoms with E-state index in [9.17, 15) is 19.5 Å². The zero-order valence-electron chi connectivity index (χ0n) is 27.5. The van der Waals surface area contributed by atoms with Crippen LogP contribution in [0.15, 0.2) is 30.0 Å². The summed E-state index contributed by atoms with van der Waals surface area (Å²) in [5.41, 5.74) is 3.42. The SMILES string of the molecule is CCN1CCCc2cc(C3=C([O-])/C(=c4\cc5c(cc4NC(=O)C(C)(C)C)=[N+](CC)CCC5)C3=O)c(NC(=O)C(C)(C)C)cc21. The molecule has 0 atom stereocenters. The van der Waals surface area contributed by atoms with Crippen molar-refractivity contribution in [3.8, 4) is 0 Å². The van der Waals surface area contributed by atoms with E-state index in [4.69, 9.17) is 0 Å². The first kappa shape index (κ1) is 31.5. The van der Waals surface area contributed by atoms with E-state index in [1.165, 1.54) is 0 Å². The molecular weight excluding hydrogens is 552 g/mol. The van der Waals surface area contributed by atoms with Gasteiger partial charge in [0.15, 0.2) is 5.78 Å². The Morgan fingerprint density at radius 1 is 0.864 bits per heavy atom. The van der Waals surface area contributed by atoms with Crippen LogP contribution in [-0.2, 0) is 27.2 Å². The number of aryl methyl sites for hydroxylation is 2. The standard InChI is InChI=1S/C36H46N4O4/c1-9-39-15-11-13-21-17-23(25(19-27(21)39)37-33(43)35(3,4)5)29-31(41)30(32(29)42)24-18-22-14-12-16-40(10-2)28(22)20-26(24)38-34(44)36(6,7)8/h17-20H,9-16H2,1-8H3,(H2,37,38,41,42,43,44). The molecule has 1 aliphatic carbocycles. The zero-order valence-corrected chi connectivity index (χ0v) is 27.5. The fraction of sp³-hybridized carbons (Fsp3) is 0.500. The Kier molecular flexibility index (Phi) is 8.25. The van der Waals surface area contributed by atoms with Crippen molar-refractivity contribution in [2.24, 2.45) is 10.8 Å². The number of allylic oxidation sites excluding steroid dienone is 2. The molecule has 2 aromatic rings. The highest BCUT2D eigenvalue weighted by molar-refractivity contribution is 6.52. The highest BCUT2D eigenvalue weighted by atomic mass is 16.3. The van der Waals surface area contributed by atoms with E-state index >= 15 is 0 Å². The lowest BCUT2D eigenvalue weighted by Crippen LogP contribution is -2.41. The largest absolute Gasteiger partial charge is 0.871 e. The van der Waals surface area contributed by atoms with E-state index in [-0.39, 0.29) is 34.5 Å². The third kappa shape index (κ3) is 5.66. The van der Waals surface area contributed by atoms with Crippen LogP contribution in [0.25, 0.3) is 11.1 Å². The van der Waals surface area contributed by atoms with Crippen molar-refractivity contribution in [1.29, 1.82) is 0 Å². The van der Waals surface area contributed by atoms with E-state index in [2.05, 4.69) is 34.0 Å². The minimum Gasteiger partial charge on any atom is -0.871 e. The van der Waals surface area contributed by atoms with Crippen LogP contribution in [0.2, 0.25) is 0 Å². The van der Waals surface area contributed by atoms with Gasteiger partial charge in [-0.05, 0) is 56.9 Å². The number of hydrogen-bond acceptors (Lipinski definition) is 5. The summed E-state index contributed by atoms with van der Waals surface area (Å²) in [5, 5.41) is 21.6. The van der Waals surface area contributed by atoms with Crippen LogP contribution >= 0.6 is 0 Å². The number of amides is 2. The molecule has 0 spiro atoms. The van der Waals surface area contributed by atoms with Gasteiger partial charge in [-0.1, -0.05) is 47.3 Å². The Morgan fingerprint density at radius 3 is 2.09 bits per heavy atom. The first-order valence-electron chi connectivity index (χ1n) is 16.0. The van der Waals surface area contributed by atoms with Crippen molar-refractivity contribution in [3.05, 3.63) is 57.3 Å². The smallest absolute Gasteiger partial charge is 0.229 e. The van der Waals surface area contributed by atoms with Gasteiger partial charge in [0.05, 0.1) is 11.4 Å². The topological polar surface area (TPSA) is 105 Å². The number of carbonyl (C=O) groups is 3. The van der Waals surface area contributed by atoms with Crippen molar-refractivity contribution in [3.63, 3.8) is 0 Å². The number of hydrogen-bond donors (Lipinski definition) is 2.